The number of hydrogen-bond donors (Lipinski definition) is 3. The van der Waals surface area contributed by atoms with Crippen molar-refractivity contribution in [2.75, 3.05) is 49.8 Å². The molecule has 4 aliphatic carbocycles. The van der Waals surface area contributed by atoms with Gasteiger partial charge in [0.25, 0.3) is 11.6 Å². The number of carbonyl (C=O) groups is 13. The summed E-state index contributed by atoms with van der Waals surface area (Å²) in [6.07, 6.45) is -7.95. The average molecular weight is 1970 g/mol. The van der Waals surface area contributed by atoms with Crippen molar-refractivity contribution in [2.24, 2.45) is 16.7 Å². The number of esters is 8. The van der Waals surface area contributed by atoms with Crippen molar-refractivity contribution in [1.29, 1.82) is 0 Å². The van der Waals surface area contributed by atoms with E-state index in [1.165, 1.54) is 92.5 Å². The molecular weight excluding hydrogens is 1870 g/mol. The summed E-state index contributed by atoms with van der Waals surface area (Å²) < 4.78 is 195. The molecule has 1 spiro atoms. The van der Waals surface area contributed by atoms with E-state index in [4.69, 9.17) is 46.5 Å². The van der Waals surface area contributed by atoms with Gasteiger partial charge >= 0.3 is 141 Å². The number of benzene rings is 6. The standard InChI is InChI=1S/C18H22O6.C17H18O5.C14H13F3O5.C10H9F3O3.C10H10O2.C8H5F3O2.C6H8O4.C4H6O2.CH4.ClHO3S.2Na.H2O.H/c1-22-13-5-4-12-11-18(8-6-15(19)23-2,9-7-16(20)24-3)17(21)14(12)10-13;1-21-11-4-3-10-8-17(15(19)12(10)7-11)6-5-14(18)13(9-17)16(20)22-2;1-13(2)21-11(18)10(12(19)22-13)7-8-3-5-9(6-4-8)20-14(15,16)17;11-10(12,13)16-8-4-1-7(2-5-8)3-6-9(14)15;1-12-8-4-2-7-3-5-10(11)9(7)6-8;9-8(10,11)13-7-3-1-6(5-12)2-4-7;1-6(2)9-4(7)3-5(8)10-6;1-3-4(5)6-2;;1-5(2,3)4;;;;/h4-5,10H,6-9,11H2,1-3H3;3-4,7,18H,5-6,8-9H2,1-2H3;3-6,10H,7H2,1-2H3;1-2,4-5H,3,6H2,(H,14,15);2,4,6H,3,5H2,1H3;1-5H;3H2,1-2H3;3H,1H2,2H3;1H4;(H,2,3,4);;;1H2;/q;;;;;;;;;;2*+1;;-1/p-1. The maximum atomic E-state index is 13.0. The molecule has 0 radical (unpaired) electrons. The number of aliphatic carboxylic acids is 1. The van der Waals surface area contributed by atoms with Crippen molar-refractivity contribution in [3.8, 4) is 34.5 Å². The minimum atomic E-state index is -4.77. The molecule has 12 rings (SSSR count). The van der Waals surface area contributed by atoms with Crippen LogP contribution in [-0.2, 0) is 122 Å². The van der Waals surface area contributed by atoms with Crippen molar-refractivity contribution in [2.45, 2.75) is 162 Å². The summed E-state index contributed by atoms with van der Waals surface area (Å²) in [5, 5.41) is 18.4. The Labute approximate surface area is 813 Å². The fraction of sp³-hybridized carbons (Fsp3) is 0.398. The average Bonchev–Trinajstić information content (AvgIpc) is 1.61. The van der Waals surface area contributed by atoms with E-state index in [1.807, 2.05) is 42.5 Å². The number of fused-ring (bicyclic) bond motifs is 3. The van der Waals surface area contributed by atoms with Gasteiger partial charge in [-0.2, -0.15) is 8.42 Å². The van der Waals surface area contributed by atoms with Crippen LogP contribution >= 0.6 is 10.7 Å². The molecule has 2 heterocycles. The third kappa shape index (κ3) is 42.6. The molecule has 1 unspecified atom stereocenters. The number of aliphatic hydroxyl groups excluding tert-OH is 1. The summed E-state index contributed by atoms with van der Waals surface area (Å²) >= 11 is 0. The first-order valence-corrected chi connectivity index (χ1v) is 40.5. The van der Waals surface area contributed by atoms with Crippen LogP contribution < -0.4 is 87.5 Å². The molecule has 2 saturated heterocycles. The number of carbonyl (C=O) groups excluding carboxylic acids is 12. The fourth-order valence-electron chi connectivity index (χ4n) is 12.9. The summed E-state index contributed by atoms with van der Waals surface area (Å²) in [5.74, 6) is -7.42. The normalized spacial score (nSPS) is 15.8. The number of hydrogen-bond acceptors (Lipinski definition) is 31. The number of alkyl halides is 9. The molecule has 726 valence electrons. The second-order valence-electron chi connectivity index (χ2n) is 29.0. The van der Waals surface area contributed by atoms with Crippen LogP contribution in [0.4, 0.5) is 39.5 Å². The van der Waals surface area contributed by atoms with Gasteiger partial charge in [0, 0.05) is 110 Å². The van der Waals surface area contributed by atoms with Crippen LogP contribution in [0.15, 0.2) is 151 Å². The molecule has 4 N–H and O–H groups in total. The Kier molecular flexibility index (Phi) is 51.0. The van der Waals surface area contributed by atoms with Crippen molar-refractivity contribution in [1.82, 2.24) is 0 Å². The Morgan fingerprint density at radius 3 is 1.29 bits per heavy atom. The number of ether oxygens (including phenoxy) is 14. The zero-order valence-corrected chi connectivity index (χ0v) is 79.6. The summed E-state index contributed by atoms with van der Waals surface area (Å²) in [7, 11) is 9.81. The Bertz CT molecular complexity index is 5120. The van der Waals surface area contributed by atoms with Gasteiger partial charge in [0.05, 0.1) is 55.3 Å². The van der Waals surface area contributed by atoms with E-state index in [1.54, 1.807) is 33.5 Å². The second kappa shape index (κ2) is 55.6. The number of carboxylic acids is 1. The quantitative estimate of drug-likeness (QED) is 0.00736. The van der Waals surface area contributed by atoms with Gasteiger partial charge in [0.2, 0.25) is 0 Å². The minimum Gasteiger partial charge on any atom is -1.00 e. The van der Waals surface area contributed by atoms with Gasteiger partial charge in [0.1, 0.15) is 53.0 Å². The molecule has 0 saturated carbocycles. The van der Waals surface area contributed by atoms with Crippen molar-refractivity contribution < 1.29 is 257 Å². The van der Waals surface area contributed by atoms with Gasteiger partial charge in [-0.1, -0.05) is 56.5 Å². The number of aryl methyl sites for hydroxylation is 2. The van der Waals surface area contributed by atoms with E-state index in [-0.39, 0.29) is 176 Å². The monoisotopic (exact) mass is 1970 g/mol. The number of Topliss-reactive ketones (excluding diaryl/α,β-unsaturated/α-hetero) is 3. The first-order chi connectivity index (χ1) is 60.5. The zero-order valence-electron chi connectivity index (χ0n) is 75.0. The maximum absolute atomic E-state index is 13.0. The molecular formula is C88H98ClF9Na2O33S. The number of aliphatic hydroxyl groups is 1. The maximum Gasteiger partial charge on any atom is 1.00 e. The van der Waals surface area contributed by atoms with Gasteiger partial charge in [-0.15, -0.1) is 39.5 Å². The molecule has 0 amide bonds. The summed E-state index contributed by atoms with van der Waals surface area (Å²) in [5.41, 5.74) is 5.36. The van der Waals surface area contributed by atoms with E-state index in [9.17, 15) is 107 Å². The van der Waals surface area contributed by atoms with Gasteiger partial charge in [-0.25, -0.2) is 9.59 Å². The number of allylic oxidation sites excluding steroid dienone is 1. The molecule has 2 fully saturated rings. The van der Waals surface area contributed by atoms with Gasteiger partial charge in [-0.05, 0) is 171 Å². The Hall–Kier alpha value is -11.2. The van der Waals surface area contributed by atoms with Crippen LogP contribution in [0.1, 0.15) is 170 Å². The van der Waals surface area contributed by atoms with Crippen LogP contribution in [0.25, 0.3) is 0 Å². The SMILES string of the molecule is C.C=CC(=O)OC.CC1(C)OC(=O)C(Cc2ccc(OC(F)(F)F)cc2)C(=O)O1.CC1(C)OC(=O)CC(=O)O1.COC(=O)C1=C(O)CCC2(C1)Cc1ccc(OC)cc1C2=O.COC(=O)CCC1(CCC(=O)OC)Cc2ccc(OC)cc2C1=O.COc1ccc2c(c1)C(=O)CC2.O=C(O)CCc1ccc(OC(F)(F)F)cc1.O=Cc1ccc(OC(F)(F)F)cc1.O=S(=O)(O)Cl.[H-].[Na+].[Na+].[OH-]. The summed E-state index contributed by atoms with van der Waals surface area (Å²) in [6.45, 7) is 9.05. The summed E-state index contributed by atoms with van der Waals surface area (Å²) in [4.78, 5) is 147. The minimum absolute atomic E-state index is 0. The molecule has 0 bridgehead atoms. The Balaban J connectivity index is 0. The van der Waals surface area contributed by atoms with Crippen molar-refractivity contribution >= 4 is 97.4 Å². The second-order valence-corrected chi connectivity index (χ2v) is 31.0. The van der Waals surface area contributed by atoms with Crippen molar-refractivity contribution in [3.63, 3.8) is 0 Å². The molecule has 0 aromatic heterocycles. The number of ketones is 3. The van der Waals surface area contributed by atoms with Crippen LogP contribution in [0, 0.1) is 16.7 Å². The number of halogens is 10. The van der Waals surface area contributed by atoms with Crippen LogP contribution in [0.5, 0.6) is 34.5 Å². The predicted octanol–water partition coefficient (Wildman–Crippen LogP) is 9.49. The number of aldehydes is 1. The smallest absolute Gasteiger partial charge is 1.00 e. The molecule has 6 aromatic carbocycles. The summed E-state index contributed by atoms with van der Waals surface area (Å²) in [6, 6.07) is 31.2. The third-order valence-electron chi connectivity index (χ3n) is 18.9. The van der Waals surface area contributed by atoms with Crippen LogP contribution in [0.2, 0.25) is 0 Å². The van der Waals surface area contributed by atoms with Gasteiger partial charge in [-0.3, -0.25) is 57.3 Å². The predicted molar refractivity (Wildman–Crippen MR) is 445 cm³/mol. The van der Waals surface area contributed by atoms with E-state index in [0.29, 0.717) is 90.5 Å². The largest absolute Gasteiger partial charge is 1.00 e. The molecule has 46 heteroatoms. The Morgan fingerprint density at radius 2 is 0.918 bits per heavy atom. The van der Waals surface area contributed by atoms with Gasteiger partial charge < -0.3 is 83.4 Å². The van der Waals surface area contributed by atoms with Crippen LogP contribution in [0.3, 0.4) is 0 Å². The molecule has 2 aliphatic heterocycles. The fourth-order valence-corrected chi connectivity index (χ4v) is 12.9. The topological polar surface area (TPSA) is 476 Å². The number of rotatable bonds is 20. The van der Waals surface area contributed by atoms with E-state index < -0.39 is 98.5 Å². The number of methoxy groups -OCH3 is 7. The van der Waals surface area contributed by atoms with E-state index >= 15 is 0 Å². The van der Waals surface area contributed by atoms with Crippen LogP contribution in [-0.4, -0.2) is 186 Å². The number of carboxylic acid groups (broad SMARTS) is 1. The third-order valence-corrected chi connectivity index (χ3v) is 18.9. The van der Waals surface area contributed by atoms with E-state index in [2.05, 4.69) is 55.2 Å². The zero-order chi connectivity index (χ0) is 98.1. The molecule has 134 heavy (non-hydrogen) atoms. The van der Waals surface area contributed by atoms with E-state index in [0.717, 1.165) is 76.9 Å². The molecule has 1 atom stereocenters. The van der Waals surface area contributed by atoms with Crippen molar-refractivity contribution in [3.05, 3.63) is 201 Å². The van der Waals surface area contributed by atoms with Gasteiger partial charge in [0.15, 0.2) is 23.3 Å². The first-order valence-electron chi connectivity index (χ1n) is 38.3. The first kappa shape index (κ1) is 123. The molecule has 6 aliphatic rings. The Morgan fingerprint density at radius 1 is 0.530 bits per heavy atom. The number of cyclic esters (lactones) is 4. The molecule has 33 nitrogen and oxygen atoms in total. The molecule has 6 aromatic rings.